The number of ketones is 1. The molecule has 0 radical (unpaired) electrons. The van der Waals surface area contributed by atoms with Crippen LogP contribution in [0.2, 0.25) is 5.02 Å². The molecule has 0 amide bonds. The van der Waals surface area contributed by atoms with Gasteiger partial charge in [-0.3, -0.25) is 9.36 Å². The van der Waals surface area contributed by atoms with Gasteiger partial charge in [0.1, 0.15) is 6.33 Å². The van der Waals surface area contributed by atoms with Crippen molar-refractivity contribution in [3.05, 3.63) is 71.0 Å². The standard InChI is InChI=1S/C17H12ClF2N3OS/c1-10(16(24)11-5-6-14(19)15(20)7-11)25-17-22-21-9-23(17)13-4-2-3-12(18)8-13/h2-10H,1H3. The summed E-state index contributed by atoms with van der Waals surface area (Å²) in [4.78, 5) is 12.4. The first-order valence-corrected chi connectivity index (χ1v) is 8.53. The summed E-state index contributed by atoms with van der Waals surface area (Å²) in [6.07, 6.45) is 1.52. The molecule has 0 aliphatic heterocycles. The summed E-state index contributed by atoms with van der Waals surface area (Å²) in [6.45, 7) is 1.67. The quantitative estimate of drug-likeness (QED) is 0.481. The molecule has 0 fully saturated rings. The molecule has 1 aromatic heterocycles. The maximum absolute atomic E-state index is 13.3. The van der Waals surface area contributed by atoms with Crippen molar-refractivity contribution in [2.24, 2.45) is 0 Å². The highest BCUT2D eigenvalue weighted by Gasteiger charge is 2.21. The van der Waals surface area contributed by atoms with Crippen LogP contribution in [-0.2, 0) is 0 Å². The predicted molar refractivity (Wildman–Crippen MR) is 92.4 cm³/mol. The largest absolute Gasteiger partial charge is 0.293 e. The number of rotatable bonds is 5. The maximum Gasteiger partial charge on any atom is 0.196 e. The van der Waals surface area contributed by atoms with Gasteiger partial charge in [0.05, 0.1) is 10.9 Å². The smallest absolute Gasteiger partial charge is 0.196 e. The molecule has 0 spiro atoms. The number of carbonyl (C=O) groups is 1. The van der Waals surface area contributed by atoms with Gasteiger partial charge in [0.2, 0.25) is 0 Å². The van der Waals surface area contributed by atoms with Crippen LogP contribution in [-0.4, -0.2) is 25.8 Å². The average Bonchev–Trinajstić information content (AvgIpc) is 3.04. The van der Waals surface area contributed by atoms with Crippen LogP contribution in [0, 0.1) is 11.6 Å². The van der Waals surface area contributed by atoms with E-state index in [1.54, 1.807) is 29.7 Å². The van der Waals surface area contributed by atoms with Gasteiger partial charge in [0, 0.05) is 10.6 Å². The van der Waals surface area contributed by atoms with Crippen molar-refractivity contribution in [1.29, 1.82) is 0 Å². The topological polar surface area (TPSA) is 47.8 Å². The van der Waals surface area contributed by atoms with Gasteiger partial charge in [-0.25, -0.2) is 8.78 Å². The summed E-state index contributed by atoms with van der Waals surface area (Å²) < 4.78 is 28.0. The first-order valence-electron chi connectivity index (χ1n) is 7.27. The Morgan fingerprint density at radius 2 is 2.00 bits per heavy atom. The Hall–Kier alpha value is -2.25. The minimum atomic E-state index is -1.05. The number of Topliss-reactive ketones (excluding diaryl/α,β-unsaturated/α-hetero) is 1. The highest BCUT2D eigenvalue weighted by atomic mass is 35.5. The van der Waals surface area contributed by atoms with Crippen LogP contribution in [0.4, 0.5) is 8.78 Å². The first-order chi connectivity index (χ1) is 12.0. The van der Waals surface area contributed by atoms with Gasteiger partial charge in [-0.2, -0.15) is 0 Å². The Morgan fingerprint density at radius 1 is 1.20 bits per heavy atom. The lowest BCUT2D eigenvalue weighted by Crippen LogP contribution is -2.15. The summed E-state index contributed by atoms with van der Waals surface area (Å²) in [5.41, 5.74) is 0.861. The fourth-order valence-electron chi connectivity index (χ4n) is 2.20. The van der Waals surface area contributed by atoms with Gasteiger partial charge in [0.15, 0.2) is 22.6 Å². The van der Waals surface area contributed by atoms with Crippen molar-refractivity contribution in [3.8, 4) is 5.69 Å². The fraction of sp³-hybridized carbons (Fsp3) is 0.118. The molecule has 8 heteroatoms. The number of thioether (sulfide) groups is 1. The Labute approximate surface area is 151 Å². The van der Waals surface area contributed by atoms with Crippen LogP contribution in [0.25, 0.3) is 5.69 Å². The molecule has 0 N–H and O–H groups in total. The lowest BCUT2D eigenvalue weighted by Gasteiger charge is -2.11. The lowest BCUT2D eigenvalue weighted by molar-refractivity contribution is 0.0993. The van der Waals surface area contributed by atoms with Crippen molar-refractivity contribution in [2.45, 2.75) is 17.3 Å². The van der Waals surface area contributed by atoms with E-state index in [-0.39, 0.29) is 11.3 Å². The molecule has 128 valence electrons. The summed E-state index contributed by atoms with van der Waals surface area (Å²) >= 11 is 7.17. The van der Waals surface area contributed by atoms with E-state index >= 15 is 0 Å². The number of benzene rings is 2. The maximum atomic E-state index is 13.3. The van der Waals surface area contributed by atoms with E-state index in [0.29, 0.717) is 10.2 Å². The molecule has 1 heterocycles. The van der Waals surface area contributed by atoms with Gasteiger partial charge in [-0.1, -0.05) is 29.4 Å². The highest BCUT2D eigenvalue weighted by molar-refractivity contribution is 8.00. The monoisotopic (exact) mass is 379 g/mol. The second-order valence-corrected chi connectivity index (χ2v) is 6.96. The summed E-state index contributed by atoms with van der Waals surface area (Å²) in [5.74, 6) is -2.37. The van der Waals surface area contributed by atoms with E-state index in [9.17, 15) is 13.6 Å². The van der Waals surface area contributed by atoms with Crippen molar-refractivity contribution in [2.75, 3.05) is 0 Å². The third-order valence-electron chi connectivity index (χ3n) is 3.46. The zero-order chi connectivity index (χ0) is 18.0. The summed E-state index contributed by atoms with van der Waals surface area (Å²) in [5, 5.41) is 8.38. The Balaban J connectivity index is 1.82. The third kappa shape index (κ3) is 3.88. The minimum Gasteiger partial charge on any atom is -0.293 e. The Bertz CT molecular complexity index is 932. The Kier molecular flexibility index (Phi) is 5.15. The van der Waals surface area contributed by atoms with Gasteiger partial charge < -0.3 is 0 Å². The summed E-state index contributed by atoms with van der Waals surface area (Å²) in [7, 11) is 0. The van der Waals surface area contributed by atoms with Crippen LogP contribution in [0.5, 0.6) is 0 Å². The molecule has 1 atom stereocenters. The van der Waals surface area contributed by atoms with Crippen LogP contribution >= 0.6 is 23.4 Å². The lowest BCUT2D eigenvalue weighted by atomic mass is 10.1. The van der Waals surface area contributed by atoms with E-state index in [1.807, 2.05) is 6.07 Å². The molecule has 0 saturated heterocycles. The van der Waals surface area contributed by atoms with Crippen LogP contribution in [0.3, 0.4) is 0 Å². The predicted octanol–water partition coefficient (Wildman–Crippen LogP) is 4.56. The number of hydrogen-bond donors (Lipinski definition) is 0. The second kappa shape index (κ2) is 7.33. The van der Waals surface area contributed by atoms with Crippen molar-refractivity contribution in [3.63, 3.8) is 0 Å². The molecular formula is C17H12ClF2N3OS. The molecule has 0 saturated carbocycles. The van der Waals surface area contributed by atoms with E-state index in [1.165, 1.54) is 24.2 Å². The number of aromatic nitrogens is 3. The molecular weight excluding hydrogens is 368 g/mol. The normalized spacial score (nSPS) is 12.2. The summed E-state index contributed by atoms with van der Waals surface area (Å²) in [6, 6.07) is 10.2. The van der Waals surface area contributed by atoms with E-state index in [0.717, 1.165) is 17.8 Å². The van der Waals surface area contributed by atoms with E-state index in [2.05, 4.69) is 10.2 Å². The average molecular weight is 380 g/mol. The van der Waals surface area contributed by atoms with Crippen LogP contribution in [0.1, 0.15) is 17.3 Å². The number of carbonyl (C=O) groups excluding carboxylic acids is 1. The molecule has 2 aromatic carbocycles. The molecule has 3 rings (SSSR count). The van der Waals surface area contributed by atoms with Crippen LogP contribution in [0.15, 0.2) is 53.9 Å². The first kappa shape index (κ1) is 17.6. The SMILES string of the molecule is CC(Sc1nncn1-c1cccc(Cl)c1)C(=O)c1ccc(F)c(F)c1. The molecule has 3 aromatic rings. The van der Waals surface area contributed by atoms with Gasteiger partial charge in [-0.15, -0.1) is 10.2 Å². The zero-order valence-corrected chi connectivity index (χ0v) is 14.6. The van der Waals surface area contributed by atoms with Crippen molar-refractivity contribution < 1.29 is 13.6 Å². The minimum absolute atomic E-state index is 0.104. The molecule has 1 unspecified atom stereocenters. The fourth-order valence-corrected chi connectivity index (χ4v) is 3.31. The van der Waals surface area contributed by atoms with Crippen molar-refractivity contribution in [1.82, 2.24) is 14.8 Å². The third-order valence-corrected chi connectivity index (χ3v) is 4.75. The van der Waals surface area contributed by atoms with Gasteiger partial charge in [-0.05, 0) is 43.3 Å². The highest BCUT2D eigenvalue weighted by Crippen LogP contribution is 2.27. The molecule has 4 nitrogen and oxygen atoms in total. The van der Waals surface area contributed by atoms with E-state index in [4.69, 9.17) is 11.6 Å². The number of nitrogens with zero attached hydrogens (tertiary/aromatic N) is 3. The van der Waals surface area contributed by atoms with Crippen LogP contribution < -0.4 is 0 Å². The van der Waals surface area contributed by atoms with E-state index < -0.39 is 16.9 Å². The molecule has 0 aliphatic carbocycles. The number of halogens is 3. The van der Waals surface area contributed by atoms with Crippen molar-refractivity contribution >= 4 is 29.1 Å². The zero-order valence-electron chi connectivity index (χ0n) is 13.0. The Morgan fingerprint density at radius 3 is 2.72 bits per heavy atom. The molecule has 0 aliphatic rings. The van der Waals surface area contributed by atoms with Gasteiger partial charge >= 0.3 is 0 Å². The molecule has 25 heavy (non-hydrogen) atoms. The molecule has 0 bridgehead atoms. The van der Waals surface area contributed by atoms with Gasteiger partial charge in [0.25, 0.3) is 0 Å². The number of hydrogen-bond acceptors (Lipinski definition) is 4. The second-order valence-electron chi connectivity index (χ2n) is 5.22.